The predicted octanol–water partition coefficient (Wildman–Crippen LogP) is 3.34. The van der Waals surface area contributed by atoms with E-state index in [-0.39, 0.29) is 5.91 Å². The number of hydrogen-bond acceptors (Lipinski definition) is 4. The fourth-order valence-corrected chi connectivity index (χ4v) is 3.05. The molecule has 0 radical (unpaired) electrons. The molecular weight excluding hydrogens is 340 g/mol. The number of unbranched alkanes of at least 4 members (excludes halogenated alkanes) is 1. The number of carbonyl (C=O) groups excluding carboxylic acids is 2. The second kappa shape index (κ2) is 9.54. The van der Waals surface area contributed by atoms with Crippen LogP contribution in [0.1, 0.15) is 37.3 Å². The van der Waals surface area contributed by atoms with E-state index < -0.39 is 17.4 Å². The lowest BCUT2D eigenvalue weighted by Crippen LogP contribution is -2.50. The molecule has 0 aromatic heterocycles. The highest BCUT2D eigenvalue weighted by Crippen LogP contribution is 2.32. The Labute approximate surface area is 160 Å². The number of nitrogens with one attached hydrogen (secondary N) is 1. The molecule has 1 amide bonds. The highest BCUT2D eigenvalue weighted by molar-refractivity contribution is 5.94. The molecule has 27 heavy (non-hydrogen) atoms. The van der Waals surface area contributed by atoms with Crippen LogP contribution in [0.5, 0.6) is 0 Å². The molecule has 0 saturated carbocycles. The lowest BCUT2D eigenvalue weighted by Gasteiger charge is -2.31. The number of nitriles is 1. The van der Waals surface area contributed by atoms with Crippen LogP contribution in [0.3, 0.4) is 0 Å². The fourth-order valence-electron chi connectivity index (χ4n) is 3.05. The van der Waals surface area contributed by atoms with Gasteiger partial charge in [-0.3, -0.25) is 4.79 Å². The molecule has 0 unspecified atom stereocenters. The first kappa shape index (κ1) is 20.2. The van der Waals surface area contributed by atoms with Crippen LogP contribution in [0.2, 0.25) is 0 Å². The molecule has 2 aromatic carbocycles. The van der Waals surface area contributed by atoms with Crippen molar-refractivity contribution in [2.24, 2.45) is 0 Å². The van der Waals surface area contributed by atoms with Gasteiger partial charge in [-0.05, 0) is 30.9 Å². The largest absolute Gasteiger partial charge is 0.467 e. The van der Waals surface area contributed by atoms with E-state index in [4.69, 9.17) is 10.00 Å². The minimum Gasteiger partial charge on any atom is -0.467 e. The molecule has 1 atom stereocenters. The zero-order chi connectivity index (χ0) is 19.7. The number of benzene rings is 2. The molecule has 0 aliphatic carbocycles. The molecule has 1 N–H and O–H groups in total. The van der Waals surface area contributed by atoms with Gasteiger partial charge in [0, 0.05) is 6.42 Å². The highest BCUT2D eigenvalue weighted by atomic mass is 16.5. The number of carbonyl (C=O) groups is 2. The van der Waals surface area contributed by atoms with Crippen molar-refractivity contribution >= 4 is 11.9 Å². The van der Waals surface area contributed by atoms with E-state index in [1.54, 1.807) is 0 Å². The Morgan fingerprint density at radius 1 is 1.07 bits per heavy atom. The van der Waals surface area contributed by atoms with Crippen molar-refractivity contribution in [3.8, 4) is 6.07 Å². The van der Waals surface area contributed by atoms with E-state index in [0.29, 0.717) is 19.3 Å². The van der Waals surface area contributed by atoms with Crippen molar-refractivity contribution in [3.05, 3.63) is 71.8 Å². The second-order valence-corrected chi connectivity index (χ2v) is 6.46. The van der Waals surface area contributed by atoms with Gasteiger partial charge in [-0.2, -0.15) is 5.26 Å². The maximum Gasteiger partial charge on any atom is 0.328 e. The van der Waals surface area contributed by atoms with Gasteiger partial charge in [0.1, 0.15) is 6.04 Å². The molecule has 5 nitrogen and oxygen atoms in total. The van der Waals surface area contributed by atoms with E-state index in [1.165, 1.54) is 7.11 Å². The molecule has 0 aliphatic rings. The van der Waals surface area contributed by atoms with Gasteiger partial charge in [0.15, 0.2) is 0 Å². The van der Waals surface area contributed by atoms with Gasteiger partial charge in [-0.25, -0.2) is 4.79 Å². The maximum atomic E-state index is 13.3. The Morgan fingerprint density at radius 2 is 1.59 bits per heavy atom. The predicted molar refractivity (Wildman–Crippen MR) is 103 cm³/mol. The van der Waals surface area contributed by atoms with Crippen LogP contribution < -0.4 is 5.32 Å². The maximum absolute atomic E-state index is 13.3. The summed E-state index contributed by atoms with van der Waals surface area (Å²) in [5.74, 6) is -0.794. The lowest BCUT2D eigenvalue weighted by molar-refractivity contribution is -0.145. The molecule has 0 spiro atoms. The number of amides is 1. The fraction of sp³-hybridized carbons (Fsp3) is 0.318. The SMILES string of the molecule is COC(=O)[C@H](CCCC#N)NC(=O)C(C)(c1ccccc1)c1ccccc1. The summed E-state index contributed by atoms with van der Waals surface area (Å²) in [6.45, 7) is 1.84. The first-order valence-corrected chi connectivity index (χ1v) is 8.90. The van der Waals surface area contributed by atoms with Gasteiger partial charge in [-0.1, -0.05) is 60.7 Å². The molecule has 140 valence electrons. The Bertz CT molecular complexity index is 758. The monoisotopic (exact) mass is 364 g/mol. The van der Waals surface area contributed by atoms with Gasteiger partial charge in [0.2, 0.25) is 5.91 Å². The zero-order valence-electron chi connectivity index (χ0n) is 15.6. The van der Waals surface area contributed by atoms with Crippen molar-refractivity contribution < 1.29 is 14.3 Å². The average molecular weight is 364 g/mol. The Balaban J connectivity index is 2.36. The topological polar surface area (TPSA) is 79.2 Å². The summed E-state index contributed by atoms with van der Waals surface area (Å²) in [7, 11) is 1.29. The summed E-state index contributed by atoms with van der Waals surface area (Å²) >= 11 is 0. The van der Waals surface area contributed by atoms with Crippen LogP contribution in [0, 0.1) is 11.3 Å². The minimum absolute atomic E-state index is 0.285. The Morgan fingerprint density at radius 3 is 2.04 bits per heavy atom. The number of hydrogen-bond donors (Lipinski definition) is 1. The first-order valence-electron chi connectivity index (χ1n) is 8.90. The molecule has 0 aliphatic heterocycles. The lowest BCUT2D eigenvalue weighted by atomic mass is 9.75. The van der Waals surface area contributed by atoms with Crippen LogP contribution >= 0.6 is 0 Å². The second-order valence-electron chi connectivity index (χ2n) is 6.46. The van der Waals surface area contributed by atoms with E-state index in [2.05, 4.69) is 11.4 Å². The zero-order valence-corrected chi connectivity index (χ0v) is 15.6. The standard InChI is InChI=1S/C22H24N2O3/c1-22(17-11-5-3-6-12-17,18-13-7-4-8-14-18)21(26)24-19(20(25)27-2)15-9-10-16-23/h3-8,11-14,19H,9-10,15H2,1-2H3,(H,24,26)/t19-/m0/s1. The molecule has 2 rings (SSSR count). The van der Waals surface area contributed by atoms with Crippen molar-refractivity contribution in [2.45, 2.75) is 37.6 Å². The van der Waals surface area contributed by atoms with Crippen LogP contribution in [0.15, 0.2) is 60.7 Å². The molecule has 0 heterocycles. The van der Waals surface area contributed by atoms with E-state index in [0.717, 1.165) is 11.1 Å². The minimum atomic E-state index is -0.968. The third-order valence-electron chi connectivity index (χ3n) is 4.73. The molecule has 0 bridgehead atoms. The summed E-state index contributed by atoms with van der Waals surface area (Å²) in [5, 5.41) is 11.6. The number of nitrogens with zero attached hydrogens (tertiary/aromatic N) is 1. The molecule has 0 fully saturated rings. The molecule has 2 aromatic rings. The molecular formula is C22H24N2O3. The third kappa shape index (κ3) is 4.73. The molecule has 5 heteroatoms. The number of ether oxygens (including phenoxy) is 1. The van der Waals surface area contributed by atoms with Crippen molar-refractivity contribution in [1.82, 2.24) is 5.32 Å². The average Bonchev–Trinajstić information content (AvgIpc) is 2.73. The van der Waals surface area contributed by atoms with Crippen molar-refractivity contribution in [2.75, 3.05) is 7.11 Å². The molecule has 0 saturated heterocycles. The van der Waals surface area contributed by atoms with E-state index >= 15 is 0 Å². The smallest absolute Gasteiger partial charge is 0.328 e. The van der Waals surface area contributed by atoms with Crippen LogP contribution in [0.4, 0.5) is 0 Å². The number of methoxy groups -OCH3 is 1. The van der Waals surface area contributed by atoms with Gasteiger partial charge in [0.05, 0.1) is 18.6 Å². The van der Waals surface area contributed by atoms with Gasteiger partial charge < -0.3 is 10.1 Å². The van der Waals surface area contributed by atoms with E-state index in [1.807, 2.05) is 67.6 Å². The summed E-state index contributed by atoms with van der Waals surface area (Å²) in [6, 6.07) is 20.2. The Hall–Kier alpha value is -3.13. The third-order valence-corrected chi connectivity index (χ3v) is 4.73. The summed E-state index contributed by atoms with van der Waals surface area (Å²) < 4.78 is 4.83. The summed E-state index contributed by atoms with van der Waals surface area (Å²) in [6.07, 6.45) is 1.17. The van der Waals surface area contributed by atoms with Crippen molar-refractivity contribution in [3.63, 3.8) is 0 Å². The normalized spacial score (nSPS) is 11.9. The number of rotatable bonds is 8. The van der Waals surface area contributed by atoms with Gasteiger partial charge in [0.25, 0.3) is 0 Å². The van der Waals surface area contributed by atoms with Crippen LogP contribution in [-0.2, 0) is 19.7 Å². The summed E-state index contributed by atoms with van der Waals surface area (Å²) in [4.78, 5) is 25.5. The summed E-state index contributed by atoms with van der Waals surface area (Å²) in [5.41, 5.74) is 0.688. The van der Waals surface area contributed by atoms with Crippen molar-refractivity contribution in [1.29, 1.82) is 5.26 Å². The quantitative estimate of drug-likeness (QED) is 0.575. The number of esters is 1. The first-order chi connectivity index (χ1) is 13.0. The Kier molecular flexibility index (Phi) is 7.13. The van der Waals surface area contributed by atoms with Crippen LogP contribution in [0.25, 0.3) is 0 Å². The van der Waals surface area contributed by atoms with Gasteiger partial charge >= 0.3 is 5.97 Å². The van der Waals surface area contributed by atoms with Gasteiger partial charge in [-0.15, -0.1) is 0 Å². The van der Waals surface area contributed by atoms with Crippen LogP contribution in [-0.4, -0.2) is 25.0 Å². The highest BCUT2D eigenvalue weighted by Gasteiger charge is 2.39. The van der Waals surface area contributed by atoms with E-state index in [9.17, 15) is 9.59 Å².